The smallest absolute Gasteiger partial charge is 0.181 e. The van der Waals surface area contributed by atoms with Gasteiger partial charge in [0.05, 0.1) is 0 Å². The molecule has 0 heterocycles. The molecule has 0 aromatic rings. The van der Waals surface area contributed by atoms with Crippen LogP contribution in [0.15, 0.2) is 17.1 Å². The van der Waals surface area contributed by atoms with E-state index in [0.717, 1.165) is 17.8 Å². The molecule has 4 heteroatoms. The Bertz CT molecular complexity index is 308. The molecule has 0 saturated carbocycles. The van der Waals surface area contributed by atoms with Crippen LogP contribution in [0.2, 0.25) is 0 Å². The van der Waals surface area contributed by atoms with Crippen molar-refractivity contribution in [1.82, 2.24) is 4.90 Å². The number of thioether (sulfide) groups is 1. The summed E-state index contributed by atoms with van der Waals surface area (Å²) in [5, 5.41) is 7.99. The Labute approximate surface area is 110 Å². The molecule has 0 aromatic carbocycles. The first-order chi connectivity index (χ1) is 7.84. The molecule has 0 spiro atoms. The fourth-order valence-corrected chi connectivity index (χ4v) is 2.14. The monoisotopic (exact) mass is 255 g/mol. The van der Waals surface area contributed by atoms with E-state index >= 15 is 0 Å². The zero-order chi connectivity index (χ0) is 13.6. The highest BCUT2D eigenvalue weighted by Crippen LogP contribution is 2.16. The van der Waals surface area contributed by atoms with Crippen molar-refractivity contribution in [3.8, 4) is 0 Å². The van der Waals surface area contributed by atoms with Crippen LogP contribution in [0.1, 0.15) is 34.1 Å². The van der Waals surface area contributed by atoms with Crippen LogP contribution in [0.5, 0.6) is 0 Å². The van der Waals surface area contributed by atoms with Gasteiger partial charge < -0.3 is 4.90 Å². The minimum absolute atomic E-state index is 0.327. The highest BCUT2D eigenvalue weighted by atomic mass is 32.2. The molecule has 17 heavy (non-hydrogen) atoms. The van der Waals surface area contributed by atoms with Crippen molar-refractivity contribution in [2.75, 3.05) is 13.3 Å². The molecule has 0 aliphatic heterocycles. The second-order valence-corrected chi connectivity index (χ2v) is 5.35. The van der Waals surface area contributed by atoms with Gasteiger partial charge in [0.2, 0.25) is 0 Å². The molecule has 98 valence electrons. The summed E-state index contributed by atoms with van der Waals surface area (Å²) < 4.78 is 0. The quantitative estimate of drug-likeness (QED) is 0.615. The largest absolute Gasteiger partial charge is 0.356 e. The van der Waals surface area contributed by atoms with Gasteiger partial charge in [-0.15, -0.1) is 0 Å². The van der Waals surface area contributed by atoms with Crippen molar-refractivity contribution in [1.29, 1.82) is 5.41 Å². The summed E-state index contributed by atoms with van der Waals surface area (Å²) in [6.45, 7) is 12.5. The number of aliphatic imine (C=N–C) groups is 1. The molecule has 0 rings (SSSR count). The number of hydrogen-bond donors (Lipinski definition) is 1. The molecule has 0 aliphatic carbocycles. The maximum atomic E-state index is 7.67. The van der Waals surface area contributed by atoms with E-state index in [-0.39, 0.29) is 0 Å². The standard InChI is InChI=1S/C13H25N3S/c1-8-11(9(2)3)16(6)12(10(4)5)15-13(14)17-7/h9,11,14H,4,8H2,1-3,5-7H3/b14-13?,15-12+. The third-order valence-corrected chi connectivity index (χ3v) is 3.28. The molecule has 0 radical (unpaired) electrons. The molecule has 1 unspecified atom stereocenters. The number of amidine groups is 2. The third kappa shape index (κ3) is 4.94. The second kappa shape index (κ2) is 7.54. The fourth-order valence-electron chi connectivity index (χ4n) is 1.97. The van der Waals surface area contributed by atoms with E-state index in [1.165, 1.54) is 11.8 Å². The van der Waals surface area contributed by atoms with E-state index in [9.17, 15) is 0 Å². The first-order valence-electron chi connectivity index (χ1n) is 5.95. The lowest BCUT2D eigenvalue weighted by Crippen LogP contribution is -2.40. The number of hydrogen-bond acceptors (Lipinski definition) is 2. The van der Waals surface area contributed by atoms with Crippen LogP contribution in [0.3, 0.4) is 0 Å². The van der Waals surface area contributed by atoms with Crippen LogP contribution in [0.4, 0.5) is 0 Å². The van der Waals surface area contributed by atoms with Crippen LogP contribution < -0.4 is 0 Å². The Morgan fingerprint density at radius 3 is 2.29 bits per heavy atom. The van der Waals surface area contributed by atoms with Gasteiger partial charge in [-0.2, -0.15) is 0 Å². The summed E-state index contributed by atoms with van der Waals surface area (Å²) in [4.78, 5) is 6.49. The van der Waals surface area contributed by atoms with Gasteiger partial charge in [-0.3, -0.25) is 5.41 Å². The summed E-state index contributed by atoms with van der Waals surface area (Å²) in [7, 11) is 2.04. The predicted molar refractivity (Wildman–Crippen MR) is 80.2 cm³/mol. The van der Waals surface area contributed by atoms with Crippen LogP contribution >= 0.6 is 11.8 Å². The minimum Gasteiger partial charge on any atom is -0.356 e. The fraction of sp³-hybridized carbons (Fsp3) is 0.692. The SMILES string of the molecule is C=C(C)/C(=N\C(=N)SC)N(C)C(CC)C(C)C. The molecule has 1 N–H and O–H groups in total. The molecule has 3 nitrogen and oxygen atoms in total. The zero-order valence-electron chi connectivity index (χ0n) is 11.9. The summed E-state index contributed by atoms with van der Waals surface area (Å²) >= 11 is 1.34. The average molecular weight is 255 g/mol. The molecule has 0 amide bonds. The van der Waals surface area contributed by atoms with Crippen molar-refractivity contribution in [2.45, 2.75) is 40.2 Å². The van der Waals surface area contributed by atoms with Crippen molar-refractivity contribution >= 4 is 22.8 Å². The number of likely N-dealkylation sites (N-methyl/N-ethyl adjacent to an activating group) is 1. The highest BCUT2D eigenvalue weighted by molar-refractivity contribution is 8.13. The predicted octanol–water partition coefficient (Wildman–Crippen LogP) is 3.63. The van der Waals surface area contributed by atoms with Gasteiger partial charge >= 0.3 is 0 Å². The van der Waals surface area contributed by atoms with Crippen LogP contribution in [-0.2, 0) is 0 Å². The van der Waals surface area contributed by atoms with E-state index in [4.69, 9.17) is 5.41 Å². The Kier molecular flexibility index (Phi) is 7.19. The van der Waals surface area contributed by atoms with Gasteiger partial charge in [0, 0.05) is 13.1 Å². The molecule has 0 bridgehead atoms. The van der Waals surface area contributed by atoms with E-state index in [2.05, 4.69) is 37.2 Å². The molecule has 1 atom stereocenters. The van der Waals surface area contributed by atoms with Crippen LogP contribution in [0, 0.1) is 11.3 Å². The third-order valence-electron chi connectivity index (χ3n) is 2.80. The van der Waals surface area contributed by atoms with Crippen molar-refractivity contribution < 1.29 is 0 Å². The molecule has 0 fully saturated rings. The molecular weight excluding hydrogens is 230 g/mol. The van der Waals surface area contributed by atoms with E-state index in [0.29, 0.717) is 17.1 Å². The number of nitrogens with one attached hydrogen (secondary N) is 1. The average Bonchev–Trinajstić information content (AvgIpc) is 2.25. The maximum Gasteiger partial charge on any atom is 0.181 e. The first-order valence-corrected chi connectivity index (χ1v) is 7.17. The zero-order valence-corrected chi connectivity index (χ0v) is 12.7. The van der Waals surface area contributed by atoms with Gasteiger partial charge in [-0.1, -0.05) is 39.1 Å². The maximum absolute atomic E-state index is 7.67. The van der Waals surface area contributed by atoms with Crippen molar-refractivity contribution in [3.63, 3.8) is 0 Å². The van der Waals surface area contributed by atoms with Crippen LogP contribution in [0.25, 0.3) is 0 Å². The lowest BCUT2D eigenvalue weighted by Gasteiger charge is -2.33. The highest BCUT2D eigenvalue weighted by Gasteiger charge is 2.20. The minimum atomic E-state index is 0.327. The van der Waals surface area contributed by atoms with Crippen molar-refractivity contribution in [2.24, 2.45) is 10.9 Å². The number of nitrogens with zero attached hydrogens (tertiary/aromatic N) is 2. The molecule has 0 aromatic heterocycles. The first kappa shape index (κ1) is 16.2. The van der Waals surface area contributed by atoms with Gasteiger partial charge in [-0.05, 0) is 31.1 Å². The lowest BCUT2D eigenvalue weighted by atomic mass is 10.00. The molecule has 0 aliphatic rings. The van der Waals surface area contributed by atoms with Gasteiger partial charge in [0.25, 0.3) is 0 Å². The normalized spacial score (nSPS) is 13.7. The number of rotatable bonds is 4. The van der Waals surface area contributed by atoms with Gasteiger partial charge in [0.1, 0.15) is 5.84 Å². The lowest BCUT2D eigenvalue weighted by molar-refractivity contribution is 0.278. The Balaban J connectivity index is 5.13. The molecular formula is C13H25N3S. The summed E-state index contributed by atoms with van der Waals surface area (Å²) in [6, 6.07) is 0.431. The van der Waals surface area contributed by atoms with Crippen molar-refractivity contribution in [3.05, 3.63) is 12.2 Å². The summed E-state index contributed by atoms with van der Waals surface area (Å²) in [5.74, 6) is 1.38. The topological polar surface area (TPSA) is 39.5 Å². The summed E-state index contributed by atoms with van der Waals surface area (Å²) in [5.41, 5.74) is 0.908. The Morgan fingerprint density at radius 1 is 1.47 bits per heavy atom. The van der Waals surface area contributed by atoms with Gasteiger partial charge in [-0.25, -0.2) is 4.99 Å². The van der Waals surface area contributed by atoms with Crippen LogP contribution in [-0.4, -0.2) is 35.2 Å². The summed E-state index contributed by atoms with van der Waals surface area (Å²) in [6.07, 6.45) is 2.93. The van der Waals surface area contributed by atoms with E-state index < -0.39 is 0 Å². The Hall–Kier alpha value is -0.770. The van der Waals surface area contributed by atoms with Gasteiger partial charge in [0.15, 0.2) is 5.17 Å². The van der Waals surface area contributed by atoms with E-state index in [1.807, 2.05) is 20.2 Å². The van der Waals surface area contributed by atoms with E-state index in [1.54, 1.807) is 0 Å². The second-order valence-electron chi connectivity index (χ2n) is 4.56. The Morgan fingerprint density at radius 2 is 2.00 bits per heavy atom. The molecule has 0 saturated heterocycles.